The van der Waals surface area contributed by atoms with Gasteiger partial charge in [-0.3, -0.25) is 0 Å². The lowest BCUT2D eigenvalue weighted by Crippen LogP contribution is -2.26. The second-order valence-electron chi connectivity index (χ2n) is 3.87. The number of hydrogen-bond acceptors (Lipinski definition) is 2. The third-order valence-electron chi connectivity index (χ3n) is 2.32. The van der Waals surface area contributed by atoms with Crippen molar-refractivity contribution in [2.24, 2.45) is 0 Å². The normalized spacial score (nSPS) is 14.5. The van der Waals surface area contributed by atoms with E-state index < -0.39 is 12.2 Å². The predicted octanol–water partition coefficient (Wildman–Crippen LogP) is 3.26. The first-order valence-electron chi connectivity index (χ1n) is 4.85. The molecule has 0 aliphatic heterocycles. The van der Waals surface area contributed by atoms with Gasteiger partial charge in [-0.2, -0.15) is 13.2 Å². The van der Waals surface area contributed by atoms with Crippen molar-refractivity contribution in [2.75, 3.05) is 0 Å². The summed E-state index contributed by atoms with van der Waals surface area (Å²) in [5.74, 6) is -0.0356. The highest BCUT2D eigenvalue weighted by molar-refractivity contribution is 6.16. The molecule has 1 aromatic heterocycles. The lowest BCUT2D eigenvalue weighted by Gasteiger charge is -2.19. The molecule has 3 nitrogen and oxygen atoms in total. The Balaban J connectivity index is 3.19. The first-order chi connectivity index (χ1) is 7.29. The molecule has 92 valence electrons. The molecule has 0 aliphatic rings. The minimum absolute atomic E-state index is 0.0676. The average molecular weight is 256 g/mol. The van der Waals surface area contributed by atoms with Gasteiger partial charge in [0.2, 0.25) is 0 Å². The molecule has 0 bridgehead atoms. The third kappa shape index (κ3) is 2.48. The summed E-state index contributed by atoms with van der Waals surface area (Å²) in [5, 5.41) is 7.21. The maximum absolute atomic E-state index is 12.6. The fraction of sp³-hybridized carbons (Fsp3) is 0.778. The molecular weight excluding hydrogens is 243 g/mol. The zero-order valence-corrected chi connectivity index (χ0v) is 9.97. The molecule has 0 N–H and O–H groups in total. The zero-order chi connectivity index (χ0) is 12.5. The molecule has 0 radical (unpaired) electrons. The van der Waals surface area contributed by atoms with Crippen molar-refractivity contribution in [1.82, 2.24) is 15.0 Å². The van der Waals surface area contributed by atoms with Crippen LogP contribution in [0.4, 0.5) is 13.2 Å². The fourth-order valence-electron chi connectivity index (χ4n) is 1.45. The van der Waals surface area contributed by atoms with Crippen LogP contribution in [0, 0.1) is 0 Å². The molecule has 7 heteroatoms. The Labute approximate surface area is 96.6 Å². The number of hydrogen-bond donors (Lipinski definition) is 0. The van der Waals surface area contributed by atoms with E-state index in [1.54, 1.807) is 13.8 Å². The van der Waals surface area contributed by atoms with Crippen molar-refractivity contribution in [2.45, 2.75) is 44.8 Å². The average Bonchev–Trinajstić information content (AvgIpc) is 2.57. The molecule has 0 aliphatic carbocycles. The molecule has 0 amide bonds. The number of nitrogens with zero attached hydrogens (tertiary/aromatic N) is 3. The van der Waals surface area contributed by atoms with Crippen LogP contribution in [-0.2, 0) is 5.88 Å². The molecule has 0 fully saturated rings. The van der Waals surface area contributed by atoms with Crippen LogP contribution in [0.15, 0.2) is 0 Å². The molecule has 16 heavy (non-hydrogen) atoms. The monoisotopic (exact) mass is 255 g/mol. The summed E-state index contributed by atoms with van der Waals surface area (Å²) in [6, 6.07) is -1.69. The second-order valence-corrected chi connectivity index (χ2v) is 4.14. The Morgan fingerprint density at radius 1 is 1.31 bits per heavy atom. The highest BCUT2D eigenvalue weighted by Crippen LogP contribution is 2.32. The largest absolute Gasteiger partial charge is 0.410 e. The van der Waals surface area contributed by atoms with Crippen molar-refractivity contribution in [1.29, 1.82) is 0 Å². The Bertz CT molecular complexity index is 359. The van der Waals surface area contributed by atoms with Crippen molar-refractivity contribution in [3.8, 4) is 0 Å². The predicted molar refractivity (Wildman–Crippen MR) is 54.4 cm³/mol. The van der Waals surface area contributed by atoms with Crippen LogP contribution in [0.3, 0.4) is 0 Å². The fourth-order valence-corrected chi connectivity index (χ4v) is 1.64. The Morgan fingerprint density at radius 2 is 1.88 bits per heavy atom. The third-order valence-corrected chi connectivity index (χ3v) is 2.57. The van der Waals surface area contributed by atoms with Crippen LogP contribution < -0.4 is 0 Å². The molecular formula is C9H13ClF3N3. The minimum atomic E-state index is -4.33. The molecule has 1 atom stereocenters. The van der Waals surface area contributed by atoms with Crippen LogP contribution in [0.5, 0.6) is 0 Å². The van der Waals surface area contributed by atoms with Gasteiger partial charge in [0.05, 0.1) is 11.6 Å². The lowest BCUT2D eigenvalue weighted by atomic mass is 10.1. The first-order valence-corrected chi connectivity index (χ1v) is 5.39. The van der Waals surface area contributed by atoms with Gasteiger partial charge in [0.1, 0.15) is 11.7 Å². The van der Waals surface area contributed by atoms with E-state index >= 15 is 0 Å². The van der Waals surface area contributed by atoms with E-state index in [2.05, 4.69) is 10.3 Å². The Kier molecular flexibility index (Phi) is 3.83. The van der Waals surface area contributed by atoms with Gasteiger partial charge in [0.25, 0.3) is 0 Å². The Hall–Kier alpha value is -0.780. The van der Waals surface area contributed by atoms with Gasteiger partial charge >= 0.3 is 6.18 Å². The van der Waals surface area contributed by atoms with E-state index in [0.29, 0.717) is 11.4 Å². The molecule has 1 rings (SSSR count). The number of aromatic nitrogens is 3. The van der Waals surface area contributed by atoms with Gasteiger partial charge in [-0.05, 0) is 12.8 Å². The molecule has 0 saturated carbocycles. The maximum atomic E-state index is 12.6. The summed E-state index contributed by atoms with van der Waals surface area (Å²) in [5.41, 5.74) is 0.854. The highest BCUT2D eigenvalue weighted by Gasteiger charge is 2.40. The van der Waals surface area contributed by atoms with Crippen molar-refractivity contribution >= 4 is 11.6 Å². The molecule has 0 spiro atoms. The van der Waals surface area contributed by atoms with Gasteiger partial charge in [0, 0.05) is 0 Å². The summed E-state index contributed by atoms with van der Waals surface area (Å²) in [7, 11) is 0. The van der Waals surface area contributed by atoms with Crippen molar-refractivity contribution < 1.29 is 13.2 Å². The van der Waals surface area contributed by atoms with Gasteiger partial charge in [-0.15, -0.1) is 16.7 Å². The minimum Gasteiger partial charge on any atom is -0.237 e. The SMILES string of the molecule is CC(C)c1c(CCl)nnn1C(C)C(F)(F)F. The first kappa shape index (κ1) is 13.3. The Morgan fingerprint density at radius 3 is 2.25 bits per heavy atom. The zero-order valence-electron chi connectivity index (χ0n) is 9.22. The summed E-state index contributed by atoms with van der Waals surface area (Å²) in [6.07, 6.45) is -4.33. The maximum Gasteiger partial charge on any atom is 0.410 e. The van der Waals surface area contributed by atoms with Crippen molar-refractivity contribution in [3.05, 3.63) is 11.4 Å². The molecule has 0 aromatic carbocycles. The number of rotatable bonds is 3. The summed E-state index contributed by atoms with van der Waals surface area (Å²) in [4.78, 5) is 0. The quantitative estimate of drug-likeness (QED) is 0.776. The number of halogens is 4. The topological polar surface area (TPSA) is 30.7 Å². The smallest absolute Gasteiger partial charge is 0.237 e. The summed E-state index contributed by atoms with van der Waals surface area (Å²) >= 11 is 5.61. The van der Waals surface area contributed by atoms with Crippen molar-refractivity contribution in [3.63, 3.8) is 0 Å². The highest BCUT2D eigenvalue weighted by atomic mass is 35.5. The van der Waals surface area contributed by atoms with Gasteiger partial charge in [-0.25, -0.2) is 4.68 Å². The summed E-state index contributed by atoms with van der Waals surface area (Å²) in [6.45, 7) is 4.63. The van der Waals surface area contributed by atoms with Gasteiger partial charge in [0.15, 0.2) is 0 Å². The van der Waals surface area contributed by atoms with Crippen LogP contribution in [-0.4, -0.2) is 21.2 Å². The number of alkyl halides is 4. The van der Waals surface area contributed by atoms with Gasteiger partial charge < -0.3 is 0 Å². The van der Waals surface area contributed by atoms with Crippen LogP contribution >= 0.6 is 11.6 Å². The van der Waals surface area contributed by atoms with Crippen LogP contribution in [0.2, 0.25) is 0 Å². The molecule has 1 aromatic rings. The van der Waals surface area contributed by atoms with E-state index in [9.17, 15) is 13.2 Å². The second kappa shape index (κ2) is 4.61. The lowest BCUT2D eigenvalue weighted by molar-refractivity contribution is -0.166. The van der Waals surface area contributed by atoms with E-state index in [1.807, 2.05) is 0 Å². The van der Waals surface area contributed by atoms with E-state index in [0.717, 1.165) is 11.6 Å². The van der Waals surface area contributed by atoms with Gasteiger partial charge in [-0.1, -0.05) is 19.1 Å². The molecule has 0 saturated heterocycles. The molecule has 1 heterocycles. The van der Waals surface area contributed by atoms with E-state index in [1.165, 1.54) is 0 Å². The van der Waals surface area contributed by atoms with Crippen LogP contribution in [0.25, 0.3) is 0 Å². The van der Waals surface area contributed by atoms with Crippen LogP contribution in [0.1, 0.15) is 44.1 Å². The van der Waals surface area contributed by atoms with E-state index in [-0.39, 0.29) is 11.8 Å². The standard InChI is InChI=1S/C9H13ClF3N3/c1-5(2)8-7(4-10)14-15-16(8)6(3)9(11,12)13/h5-6H,4H2,1-3H3. The molecule has 1 unspecified atom stereocenters. The summed E-state index contributed by atoms with van der Waals surface area (Å²) < 4.78 is 38.6. The van der Waals surface area contributed by atoms with E-state index in [4.69, 9.17) is 11.6 Å².